The van der Waals surface area contributed by atoms with E-state index in [9.17, 15) is 0 Å². The number of nitrogens with one attached hydrogen (secondary N) is 1. The van der Waals surface area contributed by atoms with Crippen molar-refractivity contribution in [2.24, 2.45) is 0 Å². The maximum absolute atomic E-state index is 6.26. The summed E-state index contributed by atoms with van der Waals surface area (Å²) in [7, 11) is 0. The Morgan fingerprint density at radius 1 is 1.26 bits per heavy atom. The Hall–Kier alpha value is -1.02. The topological polar surface area (TPSA) is 21.3 Å². The second kappa shape index (κ2) is 6.95. The van der Waals surface area contributed by atoms with Gasteiger partial charge < -0.3 is 10.1 Å². The molecule has 1 rings (SSSR count). The van der Waals surface area contributed by atoms with E-state index in [1.54, 1.807) is 0 Å². The lowest BCUT2D eigenvalue weighted by Gasteiger charge is -2.29. The fourth-order valence-corrected chi connectivity index (χ4v) is 2.11. The Kier molecular flexibility index (Phi) is 5.86. The molecule has 0 bridgehead atoms. The molecule has 0 aliphatic rings. The van der Waals surface area contributed by atoms with Crippen LogP contribution in [0.3, 0.4) is 0 Å². The summed E-state index contributed by atoms with van der Waals surface area (Å²) in [5.74, 6) is 1.51. The number of aryl methyl sites for hydroxylation is 1. The Bertz CT molecular complexity index is 396. The normalized spacial score (nSPS) is 11.9. The second-order valence-corrected chi connectivity index (χ2v) is 6.23. The van der Waals surface area contributed by atoms with Crippen LogP contribution < -0.4 is 10.1 Å². The highest BCUT2D eigenvalue weighted by molar-refractivity contribution is 5.39. The Morgan fingerprint density at radius 3 is 2.53 bits per heavy atom. The maximum Gasteiger partial charge on any atom is 0.123 e. The van der Waals surface area contributed by atoms with E-state index in [1.807, 2.05) is 0 Å². The second-order valence-electron chi connectivity index (χ2n) is 6.23. The van der Waals surface area contributed by atoms with Crippen molar-refractivity contribution in [1.29, 1.82) is 0 Å². The zero-order valence-electron chi connectivity index (χ0n) is 13.3. The lowest BCUT2D eigenvalue weighted by atomic mass is 10.00. The molecule has 0 radical (unpaired) electrons. The number of hydrogen-bond acceptors (Lipinski definition) is 2. The average Bonchev–Trinajstić information content (AvgIpc) is 2.28. The maximum atomic E-state index is 6.26. The summed E-state index contributed by atoms with van der Waals surface area (Å²) in [5, 5.41) is 3.43. The first-order chi connectivity index (χ1) is 8.85. The third-order valence-corrected chi connectivity index (χ3v) is 3.15. The summed E-state index contributed by atoms with van der Waals surface area (Å²) in [5.41, 5.74) is 2.35. The first-order valence-corrected chi connectivity index (χ1v) is 7.36. The molecule has 2 nitrogen and oxygen atoms in total. The molecule has 0 amide bonds. The van der Waals surface area contributed by atoms with Crippen molar-refractivity contribution >= 4 is 0 Å². The molecule has 0 atom stereocenters. The number of benzene rings is 1. The third-order valence-electron chi connectivity index (χ3n) is 3.15. The molecule has 2 heteroatoms. The van der Waals surface area contributed by atoms with Gasteiger partial charge in [0.25, 0.3) is 0 Å². The molecular formula is C17H29NO. The summed E-state index contributed by atoms with van der Waals surface area (Å²) in [6, 6.07) is 6.49. The zero-order valence-corrected chi connectivity index (χ0v) is 13.3. The zero-order chi connectivity index (χ0) is 14.5. The van der Waals surface area contributed by atoms with Gasteiger partial charge in [-0.05, 0) is 56.8 Å². The first kappa shape index (κ1) is 16.0. The fourth-order valence-electron chi connectivity index (χ4n) is 2.11. The Labute approximate surface area is 118 Å². The largest absolute Gasteiger partial charge is 0.486 e. The van der Waals surface area contributed by atoms with Gasteiger partial charge in [0.05, 0.1) is 0 Å². The van der Waals surface area contributed by atoms with Crippen molar-refractivity contribution in [2.75, 3.05) is 13.1 Å². The SMILES string of the molecule is CCCNCC(C)(C)Oc1cc(C)ccc1C(C)C. The van der Waals surface area contributed by atoms with E-state index >= 15 is 0 Å². The molecule has 0 heterocycles. The molecular weight excluding hydrogens is 234 g/mol. The van der Waals surface area contributed by atoms with Gasteiger partial charge in [0.2, 0.25) is 0 Å². The highest BCUT2D eigenvalue weighted by atomic mass is 16.5. The molecule has 0 fully saturated rings. The number of rotatable bonds is 7. The summed E-state index contributed by atoms with van der Waals surface area (Å²) in [6.07, 6.45) is 1.15. The van der Waals surface area contributed by atoms with Crippen molar-refractivity contribution in [3.63, 3.8) is 0 Å². The van der Waals surface area contributed by atoms with Gasteiger partial charge in [-0.3, -0.25) is 0 Å². The van der Waals surface area contributed by atoms with Gasteiger partial charge in [0.15, 0.2) is 0 Å². The molecule has 0 saturated heterocycles. The number of ether oxygens (including phenoxy) is 1. The van der Waals surface area contributed by atoms with E-state index in [-0.39, 0.29) is 5.60 Å². The molecule has 19 heavy (non-hydrogen) atoms. The van der Waals surface area contributed by atoms with Gasteiger partial charge in [0.1, 0.15) is 11.4 Å². The summed E-state index contributed by atoms with van der Waals surface area (Å²) < 4.78 is 6.26. The molecule has 108 valence electrons. The summed E-state index contributed by atoms with van der Waals surface area (Å²) in [6.45, 7) is 14.9. The molecule has 0 spiro atoms. The smallest absolute Gasteiger partial charge is 0.123 e. The van der Waals surface area contributed by atoms with Crippen molar-refractivity contribution in [3.8, 4) is 5.75 Å². The predicted octanol–water partition coefficient (Wildman–Crippen LogP) is 4.28. The van der Waals surface area contributed by atoms with E-state index in [0.29, 0.717) is 5.92 Å². The van der Waals surface area contributed by atoms with Gasteiger partial charge in [-0.25, -0.2) is 0 Å². The molecule has 0 aliphatic heterocycles. The highest BCUT2D eigenvalue weighted by Crippen LogP contribution is 2.30. The van der Waals surface area contributed by atoms with Gasteiger partial charge >= 0.3 is 0 Å². The fraction of sp³-hybridized carbons (Fsp3) is 0.647. The lowest BCUT2D eigenvalue weighted by Crippen LogP contribution is -2.40. The van der Waals surface area contributed by atoms with Crippen LogP contribution in [0.15, 0.2) is 18.2 Å². The van der Waals surface area contributed by atoms with Crippen LogP contribution in [0.2, 0.25) is 0 Å². The molecule has 0 unspecified atom stereocenters. The van der Waals surface area contributed by atoms with Crippen molar-refractivity contribution < 1.29 is 4.74 Å². The molecule has 0 aromatic heterocycles. The average molecular weight is 263 g/mol. The van der Waals surface area contributed by atoms with E-state index < -0.39 is 0 Å². The van der Waals surface area contributed by atoms with Crippen LogP contribution in [-0.2, 0) is 0 Å². The first-order valence-electron chi connectivity index (χ1n) is 7.36. The van der Waals surface area contributed by atoms with E-state index in [2.05, 4.69) is 65.1 Å². The predicted molar refractivity (Wildman–Crippen MR) is 83.1 cm³/mol. The minimum Gasteiger partial charge on any atom is -0.486 e. The van der Waals surface area contributed by atoms with Crippen LogP contribution in [-0.4, -0.2) is 18.7 Å². The van der Waals surface area contributed by atoms with E-state index in [4.69, 9.17) is 4.74 Å². The van der Waals surface area contributed by atoms with Crippen LogP contribution in [0.1, 0.15) is 58.1 Å². The minimum absolute atomic E-state index is 0.188. The Morgan fingerprint density at radius 2 is 1.95 bits per heavy atom. The van der Waals surface area contributed by atoms with Crippen molar-refractivity contribution in [3.05, 3.63) is 29.3 Å². The molecule has 0 saturated carbocycles. The van der Waals surface area contributed by atoms with Crippen molar-refractivity contribution in [1.82, 2.24) is 5.32 Å². The quantitative estimate of drug-likeness (QED) is 0.742. The highest BCUT2D eigenvalue weighted by Gasteiger charge is 2.21. The minimum atomic E-state index is -0.188. The molecule has 1 aromatic rings. The number of hydrogen-bond donors (Lipinski definition) is 1. The van der Waals surface area contributed by atoms with E-state index in [1.165, 1.54) is 11.1 Å². The van der Waals surface area contributed by atoms with E-state index in [0.717, 1.165) is 25.3 Å². The third kappa shape index (κ3) is 5.23. The molecule has 0 aliphatic carbocycles. The van der Waals surface area contributed by atoms with Crippen LogP contribution in [0.25, 0.3) is 0 Å². The monoisotopic (exact) mass is 263 g/mol. The van der Waals surface area contributed by atoms with Gasteiger partial charge in [0, 0.05) is 6.54 Å². The van der Waals surface area contributed by atoms with Crippen molar-refractivity contribution in [2.45, 2.75) is 59.5 Å². The Balaban J connectivity index is 2.82. The standard InChI is InChI=1S/C17H29NO/c1-7-10-18-12-17(5,6)19-16-11-14(4)8-9-15(16)13(2)3/h8-9,11,13,18H,7,10,12H2,1-6H3. The molecule has 1 aromatic carbocycles. The van der Waals surface area contributed by atoms with Crippen LogP contribution >= 0.6 is 0 Å². The summed E-state index contributed by atoms with van der Waals surface area (Å²) >= 11 is 0. The summed E-state index contributed by atoms with van der Waals surface area (Å²) in [4.78, 5) is 0. The van der Waals surface area contributed by atoms with Crippen LogP contribution in [0.4, 0.5) is 0 Å². The van der Waals surface area contributed by atoms with Gasteiger partial charge in [-0.2, -0.15) is 0 Å². The van der Waals surface area contributed by atoms with Gasteiger partial charge in [-0.15, -0.1) is 0 Å². The molecule has 1 N–H and O–H groups in total. The van der Waals surface area contributed by atoms with Gasteiger partial charge in [-0.1, -0.05) is 32.9 Å². The van der Waals surface area contributed by atoms with Crippen LogP contribution in [0.5, 0.6) is 5.75 Å². The lowest BCUT2D eigenvalue weighted by molar-refractivity contribution is 0.106. The van der Waals surface area contributed by atoms with Crippen LogP contribution in [0, 0.1) is 6.92 Å².